The zero-order chi connectivity index (χ0) is 15.3. The minimum Gasteiger partial charge on any atom is -0.480 e. The van der Waals surface area contributed by atoms with Crippen LogP contribution in [0.1, 0.15) is 53.4 Å². The van der Waals surface area contributed by atoms with Crippen molar-refractivity contribution in [2.45, 2.75) is 65.5 Å². The Kier molecular flexibility index (Phi) is 6.30. The first-order valence-electron chi connectivity index (χ1n) is 7.69. The minimum atomic E-state index is -0.966. The molecule has 1 fully saturated rings. The van der Waals surface area contributed by atoms with Gasteiger partial charge < -0.3 is 15.3 Å². The van der Waals surface area contributed by atoms with Gasteiger partial charge in [-0.2, -0.15) is 0 Å². The highest BCUT2D eigenvalue weighted by molar-refractivity contribution is 5.80. The van der Waals surface area contributed by atoms with Crippen molar-refractivity contribution in [1.82, 2.24) is 10.2 Å². The van der Waals surface area contributed by atoms with Gasteiger partial charge in [-0.25, -0.2) is 4.79 Å². The topological polar surface area (TPSA) is 69.6 Å². The number of carboxylic acids is 1. The average Bonchev–Trinajstić information content (AvgIpc) is 2.75. The second-order valence-corrected chi connectivity index (χ2v) is 5.94. The third-order valence-electron chi connectivity index (χ3n) is 4.75. The quantitative estimate of drug-likeness (QED) is 0.788. The van der Waals surface area contributed by atoms with Crippen molar-refractivity contribution in [2.75, 3.05) is 6.54 Å². The Hall–Kier alpha value is -1.26. The van der Waals surface area contributed by atoms with E-state index in [1.54, 1.807) is 0 Å². The molecule has 1 rings (SSSR count). The maximum Gasteiger partial charge on any atom is 0.323 e. The second-order valence-electron chi connectivity index (χ2n) is 5.94. The van der Waals surface area contributed by atoms with Gasteiger partial charge in [0.2, 0.25) is 0 Å². The van der Waals surface area contributed by atoms with Crippen LogP contribution in [0.5, 0.6) is 0 Å². The summed E-state index contributed by atoms with van der Waals surface area (Å²) < 4.78 is 0. The third-order valence-corrected chi connectivity index (χ3v) is 4.75. The van der Waals surface area contributed by atoms with E-state index in [4.69, 9.17) is 5.11 Å². The molecule has 5 heteroatoms. The van der Waals surface area contributed by atoms with E-state index in [9.17, 15) is 9.59 Å². The summed E-state index contributed by atoms with van der Waals surface area (Å²) in [6.45, 7) is 7.96. The number of carbonyl (C=O) groups is 2. The van der Waals surface area contributed by atoms with Gasteiger partial charge in [0.05, 0.1) is 0 Å². The molecule has 20 heavy (non-hydrogen) atoms. The smallest absolute Gasteiger partial charge is 0.323 e. The standard InChI is InChI=1S/C15H28N2O3/c1-5-10(3)17(9-14(18)19)15(20)16-13-8-7-12(6-2)11(13)4/h10-13H,5-9H2,1-4H3,(H,16,20)(H,18,19). The first-order chi connectivity index (χ1) is 9.40. The van der Waals surface area contributed by atoms with Gasteiger partial charge in [0, 0.05) is 12.1 Å². The molecule has 1 saturated carbocycles. The van der Waals surface area contributed by atoms with Crippen LogP contribution in [0.15, 0.2) is 0 Å². The van der Waals surface area contributed by atoms with E-state index < -0.39 is 5.97 Å². The number of aliphatic carboxylic acids is 1. The first-order valence-corrected chi connectivity index (χ1v) is 7.69. The Balaban J connectivity index is 2.64. The zero-order valence-electron chi connectivity index (χ0n) is 13.1. The highest BCUT2D eigenvalue weighted by Gasteiger charge is 2.34. The molecule has 5 nitrogen and oxygen atoms in total. The molecular weight excluding hydrogens is 256 g/mol. The summed E-state index contributed by atoms with van der Waals surface area (Å²) in [6, 6.07) is -0.132. The zero-order valence-corrected chi connectivity index (χ0v) is 13.1. The van der Waals surface area contributed by atoms with Crippen LogP contribution in [0.2, 0.25) is 0 Å². The lowest BCUT2D eigenvalue weighted by Gasteiger charge is -2.30. The Morgan fingerprint density at radius 1 is 1.35 bits per heavy atom. The van der Waals surface area contributed by atoms with Crippen molar-refractivity contribution >= 4 is 12.0 Å². The highest BCUT2D eigenvalue weighted by atomic mass is 16.4. The third kappa shape index (κ3) is 4.12. The van der Waals surface area contributed by atoms with Crippen LogP contribution >= 0.6 is 0 Å². The number of rotatable bonds is 6. The molecule has 0 aromatic carbocycles. The fourth-order valence-electron chi connectivity index (χ4n) is 3.06. The summed E-state index contributed by atoms with van der Waals surface area (Å²) in [4.78, 5) is 24.7. The van der Waals surface area contributed by atoms with Crippen molar-refractivity contribution < 1.29 is 14.7 Å². The lowest BCUT2D eigenvalue weighted by molar-refractivity contribution is -0.138. The molecule has 116 valence electrons. The molecule has 0 aromatic rings. The molecule has 1 aliphatic carbocycles. The number of hydrogen-bond acceptors (Lipinski definition) is 2. The van der Waals surface area contributed by atoms with Gasteiger partial charge in [-0.15, -0.1) is 0 Å². The van der Waals surface area contributed by atoms with Gasteiger partial charge in [-0.05, 0) is 38.0 Å². The summed E-state index contributed by atoms with van der Waals surface area (Å²) in [5.41, 5.74) is 0. The predicted octanol–water partition coefficient (Wildman–Crippen LogP) is 2.71. The number of carbonyl (C=O) groups excluding carboxylic acids is 1. The van der Waals surface area contributed by atoms with Gasteiger partial charge in [-0.3, -0.25) is 4.79 Å². The van der Waals surface area contributed by atoms with Gasteiger partial charge in [0.1, 0.15) is 6.54 Å². The molecule has 4 atom stereocenters. The Labute approximate surface area is 121 Å². The molecule has 0 saturated heterocycles. The van der Waals surface area contributed by atoms with E-state index in [2.05, 4.69) is 19.2 Å². The van der Waals surface area contributed by atoms with E-state index in [0.717, 1.165) is 25.7 Å². The molecule has 0 radical (unpaired) electrons. The summed E-state index contributed by atoms with van der Waals surface area (Å²) in [6.07, 6.45) is 4.02. The van der Waals surface area contributed by atoms with Gasteiger partial charge in [-0.1, -0.05) is 27.2 Å². The van der Waals surface area contributed by atoms with E-state index in [1.807, 2.05) is 13.8 Å². The largest absolute Gasteiger partial charge is 0.480 e. The molecule has 0 heterocycles. The second kappa shape index (κ2) is 7.50. The van der Waals surface area contributed by atoms with Crippen LogP contribution in [0, 0.1) is 11.8 Å². The molecule has 2 N–H and O–H groups in total. The maximum absolute atomic E-state index is 12.3. The van der Waals surface area contributed by atoms with Crippen molar-refractivity contribution in [2.24, 2.45) is 11.8 Å². The molecule has 1 aliphatic rings. The molecule has 0 spiro atoms. The van der Waals surface area contributed by atoms with Crippen LogP contribution in [-0.4, -0.2) is 40.6 Å². The van der Waals surface area contributed by atoms with E-state index in [-0.39, 0.29) is 24.7 Å². The van der Waals surface area contributed by atoms with Crippen molar-refractivity contribution in [3.63, 3.8) is 0 Å². The van der Waals surface area contributed by atoms with Crippen molar-refractivity contribution in [1.29, 1.82) is 0 Å². The van der Waals surface area contributed by atoms with Crippen molar-refractivity contribution in [3.05, 3.63) is 0 Å². The normalized spacial score (nSPS) is 27.1. The van der Waals surface area contributed by atoms with Gasteiger partial charge in [0.15, 0.2) is 0 Å². The summed E-state index contributed by atoms with van der Waals surface area (Å²) >= 11 is 0. The molecule has 0 aromatic heterocycles. The fraction of sp³-hybridized carbons (Fsp3) is 0.867. The van der Waals surface area contributed by atoms with Crippen LogP contribution in [-0.2, 0) is 4.79 Å². The number of hydrogen-bond donors (Lipinski definition) is 2. The SMILES string of the molecule is CCC1CCC(NC(=O)N(CC(=O)O)C(C)CC)C1C. The van der Waals surface area contributed by atoms with Crippen LogP contribution in [0.4, 0.5) is 4.79 Å². The summed E-state index contributed by atoms with van der Waals surface area (Å²) in [5.74, 6) is 0.163. The monoisotopic (exact) mass is 284 g/mol. The molecule has 4 unspecified atom stereocenters. The predicted molar refractivity (Wildman–Crippen MR) is 78.6 cm³/mol. The van der Waals surface area contributed by atoms with Crippen LogP contribution < -0.4 is 5.32 Å². The molecule has 0 aliphatic heterocycles. The number of amides is 2. The van der Waals surface area contributed by atoms with Gasteiger partial charge >= 0.3 is 12.0 Å². The number of nitrogens with one attached hydrogen (secondary N) is 1. The summed E-state index contributed by atoms with van der Waals surface area (Å²) in [7, 11) is 0. The molecule has 2 amide bonds. The Morgan fingerprint density at radius 2 is 2.00 bits per heavy atom. The highest BCUT2D eigenvalue weighted by Crippen LogP contribution is 2.33. The Bertz CT molecular complexity index is 346. The fourth-order valence-corrected chi connectivity index (χ4v) is 3.06. The van der Waals surface area contributed by atoms with Gasteiger partial charge in [0.25, 0.3) is 0 Å². The molecular formula is C15H28N2O3. The number of nitrogens with zero attached hydrogens (tertiary/aromatic N) is 1. The minimum absolute atomic E-state index is 0.0650. The Morgan fingerprint density at radius 3 is 2.45 bits per heavy atom. The number of urea groups is 1. The van der Waals surface area contributed by atoms with E-state index in [0.29, 0.717) is 11.8 Å². The summed E-state index contributed by atoms with van der Waals surface area (Å²) in [5, 5.41) is 12.0. The van der Waals surface area contributed by atoms with E-state index >= 15 is 0 Å². The molecule has 0 bridgehead atoms. The first kappa shape index (κ1) is 16.8. The van der Waals surface area contributed by atoms with Crippen LogP contribution in [0.25, 0.3) is 0 Å². The van der Waals surface area contributed by atoms with Crippen molar-refractivity contribution in [3.8, 4) is 0 Å². The van der Waals surface area contributed by atoms with Crippen LogP contribution in [0.3, 0.4) is 0 Å². The lowest BCUT2D eigenvalue weighted by Crippen LogP contribution is -2.51. The number of carboxylic acid groups (broad SMARTS) is 1. The average molecular weight is 284 g/mol. The lowest BCUT2D eigenvalue weighted by atomic mass is 9.93. The maximum atomic E-state index is 12.3. The van der Waals surface area contributed by atoms with E-state index in [1.165, 1.54) is 4.90 Å².